The molecule has 0 atom stereocenters. The van der Waals surface area contributed by atoms with Gasteiger partial charge in [0.15, 0.2) is 0 Å². The van der Waals surface area contributed by atoms with Crippen LogP contribution in [0.1, 0.15) is 90.9 Å². The SMILES string of the molecule is CCCCCC1CCC(C2CCC(COCCOCC)CC2)CC1. The Labute approximate surface area is 151 Å². The van der Waals surface area contributed by atoms with Gasteiger partial charge in [0.1, 0.15) is 0 Å². The summed E-state index contributed by atoms with van der Waals surface area (Å²) in [7, 11) is 0. The molecular weight excluding hydrogens is 296 g/mol. The second-order valence-electron chi connectivity index (χ2n) is 8.33. The first-order valence-electron chi connectivity index (χ1n) is 11.0. The first-order chi connectivity index (χ1) is 11.8. The minimum absolute atomic E-state index is 0.757. The molecule has 0 radical (unpaired) electrons. The molecule has 0 aromatic carbocycles. The normalized spacial score (nSPS) is 31.2. The standard InChI is InChI=1S/C22H42O2/c1-3-5-6-7-19-8-12-21(13-9-19)22-14-10-20(11-15-22)18-24-17-16-23-4-2/h19-22H,3-18H2,1-2H3. The molecule has 2 heteroatoms. The van der Waals surface area contributed by atoms with E-state index in [2.05, 4.69) is 6.92 Å². The molecule has 2 aliphatic carbocycles. The van der Waals surface area contributed by atoms with Gasteiger partial charge in [-0.1, -0.05) is 45.4 Å². The zero-order valence-electron chi connectivity index (χ0n) is 16.4. The predicted molar refractivity (Wildman–Crippen MR) is 102 cm³/mol. The summed E-state index contributed by atoms with van der Waals surface area (Å²) in [4.78, 5) is 0. The average molecular weight is 339 g/mol. The van der Waals surface area contributed by atoms with Crippen LogP contribution in [0.3, 0.4) is 0 Å². The van der Waals surface area contributed by atoms with Crippen LogP contribution in [0, 0.1) is 23.7 Å². The molecule has 2 rings (SSSR count). The minimum atomic E-state index is 0.757. The van der Waals surface area contributed by atoms with Crippen LogP contribution in [-0.4, -0.2) is 26.4 Å². The van der Waals surface area contributed by atoms with Crippen molar-refractivity contribution in [2.45, 2.75) is 90.9 Å². The Hall–Kier alpha value is -0.0800. The fourth-order valence-corrected chi connectivity index (χ4v) is 4.97. The van der Waals surface area contributed by atoms with E-state index < -0.39 is 0 Å². The molecule has 0 bridgehead atoms. The van der Waals surface area contributed by atoms with Crippen LogP contribution in [0.5, 0.6) is 0 Å². The Balaban J connectivity index is 1.53. The molecule has 24 heavy (non-hydrogen) atoms. The third-order valence-corrected chi connectivity index (χ3v) is 6.60. The number of rotatable bonds is 11. The van der Waals surface area contributed by atoms with Crippen LogP contribution in [-0.2, 0) is 9.47 Å². The molecule has 0 aliphatic heterocycles. The molecule has 0 heterocycles. The second kappa shape index (κ2) is 12.3. The summed E-state index contributed by atoms with van der Waals surface area (Å²) in [6, 6.07) is 0. The second-order valence-corrected chi connectivity index (χ2v) is 8.33. The highest BCUT2D eigenvalue weighted by molar-refractivity contribution is 4.82. The fourth-order valence-electron chi connectivity index (χ4n) is 4.97. The van der Waals surface area contributed by atoms with Crippen LogP contribution in [0.25, 0.3) is 0 Å². The third kappa shape index (κ3) is 7.44. The van der Waals surface area contributed by atoms with Gasteiger partial charge in [0, 0.05) is 13.2 Å². The first-order valence-corrected chi connectivity index (χ1v) is 11.0. The molecule has 2 aliphatic rings. The van der Waals surface area contributed by atoms with E-state index in [0.29, 0.717) is 0 Å². The van der Waals surface area contributed by atoms with Crippen molar-refractivity contribution in [3.63, 3.8) is 0 Å². The van der Waals surface area contributed by atoms with Crippen molar-refractivity contribution in [1.29, 1.82) is 0 Å². The largest absolute Gasteiger partial charge is 0.379 e. The minimum Gasteiger partial charge on any atom is -0.379 e. The van der Waals surface area contributed by atoms with Gasteiger partial charge in [0.25, 0.3) is 0 Å². The topological polar surface area (TPSA) is 18.5 Å². The van der Waals surface area contributed by atoms with Crippen molar-refractivity contribution in [1.82, 2.24) is 0 Å². The van der Waals surface area contributed by atoms with E-state index in [-0.39, 0.29) is 0 Å². The highest BCUT2D eigenvalue weighted by Crippen LogP contribution is 2.42. The molecule has 0 amide bonds. The van der Waals surface area contributed by atoms with Crippen LogP contribution >= 0.6 is 0 Å². The maximum absolute atomic E-state index is 5.79. The Morgan fingerprint density at radius 3 is 1.83 bits per heavy atom. The van der Waals surface area contributed by atoms with E-state index in [1.165, 1.54) is 77.0 Å². The van der Waals surface area contributed by atoms with E-state index in [1.807, 2.05) is 6.92 Å². The van der Waals surface area contributed by atoms with E-state index >= 15 is 0 Å². The van der Waals surface area contributed by atoms with Crippen molar-refractivity contribution >= 4 is 0 Å². The van der Waals surface area contributed by atoms with E-state index in [0.717, 1.165) is 50.1 Å². The van der Waals surface area contributed by atoms with Gasteiger partial charge >= 0.3 is 0 Å². The summed E-state index contributed by atoms with van der Waals surface area (Å²) in [5.74, 6) is 3.95. The van der Waals surface area contributed by atoms with Gasteiger partial charge in [-0.3, -0.25) is 0 Å². The molecule has 2 nitrogen and oxygen atoms in total. The number of hydrogen-bond acceptors (Lipinski definition) is 2. The zero-order chi connectivity index (χ0) is 17.0. The monoisotopic (exact) mass is 338 g/mol. The maximum atomic E-state index is 5.79. The van der Waals surface area contributed by atoms with Crippen molar-refractivity contribution in [2.24, 2.45) is 23.7 Å². The molecule has 2 saturated carbocycles. The van der Waals surface area contributed by atoms with E-state index in [4.69, 9.17) is 9.47 Å². The molecule has 0 saturated heterocycles. The average Bonchev–Trinajstić information content (AvgIpc) is 2.63. The quantitative estimate of drug-likeness (QED) is 0.416. The lowest BCUT2D eigenvalue weighted by Crippen LogP contribution is -2.27. The van der Waals surface area contributed by atoms with Crippen LogP contribution in [0.15, 0.2) is 0 Å². The van der Waals surface area contributed by atoms with Crippen molar-refractivity contribution in [3.8, 4) is 0 Å². The lowest BCUT2D eigenvalue weighted by Gasteiger charge is -2.38. The van der Waals surface area contributed by atoms with Crippen LogP contribution in [0.4, 0.5) is 0 Å². The molecule has 0 aromatic heterocycles. The van der Waals surface area contributed by atoms with Gasteiger partial charge in [-0.05, 0) is 69.1 Å². The number of unbranched alkanes of at least 4 members (excludes halogenated alkanes) is 2. The smallest absolute Gasteiger partial charge is 0.0700 e. The summed E-state index contributed by atoms with van der Waals surface area (Å²) in [6.07, 6.45) is 17.6. The van der Waals surface area contributed by atoms with Crippen molar-refractivity contribution in [2.75, 3.05) is 26.4 Å². The lowest BCUT2D eigenvalue weighted by atomic mass is 9.69. The molecule has 0 spiro atoms. The molecule has 0 aromatic rings. The van der Waals surface area contributed by atoms with Gasteiger partial charge in [-0.25, -0.2) is 0 Å². The van der Waals surface area contributed by atoms with Crippen molar-refractivity contribution in [3.05, 3.63) is 0 Å². The molecule has 142 valence electrons. The lowest BCUT2D eigenvalue weighted by molar-refractivity contribution is 0.0241. The van der Waals surface area contributed by atoms with Gasteiger partial charge in [-0.2, -0.15) is 0 Å². The zero-order valence-corrected chi connectivity index (χ0v) is 16.4. The summed E-state index contributed by atoms with van der Waals surface area (Å²) < 4.78 is 11.1. The van der Waals surface area contributed by atoms with Crippen molar-refractivity contribution < 1.29 is 9.47 Å². The Morgan fingerprint density at radius 1 is 0.667 bits per heavy atom. The van der Waals surface area contributed by atoms with Crippen LogP contribution < -0.4 is 0 Å². The maximum Gasteiger partial charge on any atom is 0.0700 e. The van der Waals surface area contributed by atoms with Gasteiger partial charge in [0.05, 0.1) is 13.2 Å². The third-order valence-electron chi connectivity index (χ3n) is 6.60. The summed E-state index contributed by atoms with van der Waals surface area (Å²) in [6.45, 7) is 7.65. The first kappa shape index (κ1) is 20.2. The number of ether oxygens (including phenoxy) is 2. The molecule has 0 N–H and O–H groups in total. The Bertz CT molecular complexity index is 288. The van der Waals surface area contributed by atoms with Crippen LogP contribution in [0.2, 0.25) is 0 Å². The van der Waals surface area contributed by atoms with Gasteiger partial charge < -0.3 is 9.47 Å². The molecule has 0 unspecified atom stereocenters. The highest BCUT2D eigenvalue weighted by Gasteiger charge is 2.30. The van der Waals surface area contributed by atoms with Gasteiger partial charge in [-0.15, -0.1) is 0 Å². The summed E-state index contributed by atoms with van der Waals surface area (Å²) in [5, 5.41) is 0. The Morgan fingerprint density at radius 2 is 1.25 bits per heavy atom. The highest BCUT2D eigenvalue weighted by atomic mass is 16.5. The predicted octanol–water partition coefficient (Wildman–Crippen LogP) is 6.23. The number of hydrogen-bond donors (Lipinski definition) is 0. The molecular formula is C22H42O2. The molecule has 2 fully saturated rings. The van der Waals surface area contributed by atoms with E-state index in [9.17, 15) is 0 Å². The van der Waals surface area contributed by atoms with E-state index in [1.54, 1.807) is 0 Å². The fraction of sp³-hybridized carbons (Fsp3) is 1.00. The summed E-state index contributed by atoms with van der Waals surface area (Å²) >= 11 is 0. The van der Waals surface area contributed by atoms with Gasteiger partial charge in [0.2, 0.25) is 0 Å². The summed E-state index contributed by atoms with van der Waals surface area (Å²) in [5.41, 5.74) is 0. The Kier molecular flexibility index (Phi) is 10.4.